The van der Waals surface area contributed by atoms with Crippen molar-refractivity contribution < 1.29 is 22.7 Å². The van der Waals surface area contributed by atoms with Crippen LogP contribution in [-0.2, 0) is 36.3 Å². The molecule has 0 bridgehead atoms. The fraction of sp³-hybridized carbons (Fsp3) is 0.250. The van der Waals surface area contributed by atoms with Crippen molar-refractivity contribution in [3.8, 4) is 11.1 Å². The minimum atomic E-state index is -4.13. The number of rotatable bonds is 7. The molecule has 2 aromatic carbocycles. The summed E-state index contributed by atoms with van der Waals surface area (Å²) < 4.78 is 35.0. The first-order valence-corrected chi connectivity index (χ1v) is 15.0. The summed E-state index contributed by atoms with van der Waals surface area (Å²) >= 11 is 12.5. The maximum absolute atomic E-state index is 14.3. The lowest BCUT2D eigenvalue weighted by Crippen LogP contribution is -2.54. The van der Waals surface area contributed by atoms with Crippen LogP contribution in [0.3, 0.4) is 0 Å². The van der Waals surface area contributed by atoms with Gasteiger partial charge in [-0.1, -0.05) is 47.5 Å². The Morgan fingerprint density at radius 2 is 1.67 bits per heavy atom. The first-order valence-electron chi connectivity index (χ1n) is 12.8. The minimum Gasteiger partial charge on any atom is -0.469 e. The molecule has 0 radical (unpaired) electrons. The van der Waals surface area contributed by atoms with E-state index in [9.17, 15) is 18.0 Å². The van der Waals surface area contributed by atoms with Crippen LogP contribution in [0.2, 0.25) is 10.0 Å². The third-order valence-electron chi connectivity index (χ3n) is 7.56. The van der Waals surface area contributed by atoms with Gasteiger partial charge in [0, 0.05) is 47.5 Å². The van der Waals surface area contributed by atoms with Crippen molar-refractivity contribution in [3.05, 3.63) is 83.0 Å². The van der Waals surface area contributed by atoms with Crippen LogP contribution in [0.25, 0.3) is 11.1 Å². The van der Waals surface area contributed by atoms with Gasteiger partial charge in [0.1, 0.15) is 11.9 Å². The van der Waals surface area contributed by atoms with Crippen LogP contribution in [-0.4, -0.2) is 64.3 Å². The van der Waals surface area contributed by atoms with Crippen LogP contribution in [0.1, 0.15) is 12.5 Å². The second kappa shape index (κ2) is 10.5. The molecule has 42 heavy (non-hydrogen) atoms. The molecule has 2 aliphatic heterocycles. The van der Waals surface area contributed by atoms with Gasteiger partial charge < -0.3 is 4.74 Å². The zero-order valence-corrected chi connectivity index (χ0v) is 24.8. The number of esters is 1. The standard InChI is InChI=1S/C28H24Cl2N6O5S/c1-28(10-17-3-5-18(6-4-17)19-11-31-16-32-12-19)26(38)35(23-8-21(29)7-22(30)9-23)27-33-13-24(36(27)28)42(39,40)34-14-20(15-34)25(37)41-2/h3-9,11-13,16,20H,10,14-15H2,1-2H3. The summed E-state index contributed by atoms with van der Waals surface area (Å²) in [5, 5.41) is 0.449. The van der Waals surface area contributed by atoms with Crippen molar-refractivity contribution in [3.63, 3.8) is 0 Å². The molecule has 1 unspecified atom stereocenters. The number of hydrogen-bond donors (Lipinski definition) is 0. The normalized spacial score (nSPS) is 19.0. The van der Waals surface area contributed by atoms with E-state index in [2.05, 4.69) is 15.0 Å². The fourth-order valence-electron chi connectivity index (χ4n) is 5.36. The first-order chi connectivity index (χ1) is 20.0. The molecule has 1 atom stereocenters. The van der Waals surface area contributed by atoms with Gasteiger partial charge in [0.25, 0.3) is 15.9 Å². The van der Waals surface area contributed by atoms with Gasteiger partial charge in [-0.3, -0.25) is 14.2 Å². The number of imidazole rings is 1. The number of sulfonamides is 1. The summed E-state index contributed by atoms with van der Waals surface area (Å²) in [4.78, 5) is 40.0. The van der Waals surface area contributed by atoms with Gasteiger partial charge in [0.15, 0.2) is 5.03 Å². The van der Waals surface area contributed by atoms with Crippen LogP contribution in [0.15, 0.2) is 72.4 Å². The lowest BCUT2D eigenvalue weighted by atomic mass is 9.91. The lowest BCUT2D eigenvalue weighted by molar-refractivity contribution is -0.149. The van der Waals surface area contributed by atoms with E-state index < -0.39 is 33.4 Å². The maximum atomic E-state index is 14.3. The van der Waals surface area contributed by atoms with Crippen molar-refractivity contribution >= 4 is 56.7 Å². The second-order valence-corrected chi connectivity index (χ2v) is 13.1. The zero-order chi connectivity index (χ0) is 29.8. The Hall–Kier alpha value is -3.84. The van der Waals surface area contributed by atoms with Gasteiger partial charge in [-0.25, -0.2) is 28.3 Å². The Morgan fingerprint density at radius 1 is 1.02 bits per heavy atom. The van der Waals surface area contributed by atoms with Gasteiger partial charge in [-0.05, 0) is 36.2 Å². The third kappa shape index (κ3) is 4.64. The van der Waals surface area contributed by atoms with E-state index in [-0.39, 0.29) is 30.5 Å². The van der Waals surface area contributed by atoms with Crippen molar-refractivity contribution in [2.75, 3.05) is 25.1 Å². The van der Waals surface area contributed by atoms with Crippen LogP contribution in [0.5, 0.6) is 0 Å². The van der Waals surface area contributed by atoms with E-state index in [1.807, 2.05) is 24.3 Å². The molecular weight excluding hydrogens is 603 g/mol. The van der Waals surface area contributed by atoms with Crippen LogP contribution in [0, 0.1) is 5.92 Å². The van der Waals surface area contributed by atoms with E-state index in [4.69, 9.17) is 27.9 Å². The van der Waals surface area contributed by atoms with Gasteiger partial charge in [-0.2, -0.15) is 4.31 Å². The predicted molar refractivity (Wildman–Crippen MR) is 155 cm³/mol. The van der Waals surface area contributed by atoms with Gasteiger partial charge in [0.05, 0.1) is 24.9 Å². The van der Waals surface area contributed by atoms with E-state index in [1.165, 1.54) is 39.5 Å². The number of amides is 1. The molecule has 6 rings (SSSR count). The molecule has 0 spiro atoms. The zero-order valence-electron chi connectivity index (χ0n) is 22.4. The molecule has 2 aromatic heterocycles. The number of hydrogen-bond acceptors (Lipinski definition) is 8. The number of benzene rings is 2. The summed E-state index contributed by atoms with van der Waals surface area (Å²) in [7, 11) is -2.87. The average molecular weight is 628 g/mol. The summed E-state index contributed by atoms with van der Waals surface area (Å²) in [5.74, 6) is -1.33. The maximum Gasteiger partial charge on any atom is 0.311 e. The highest BCUT2D eigenvalue weighted by Gasteiger charge is 2.53. The quantitative estimate of drug-likeness (QED) is 0.281. The number of carbonyl (C=O) groups excluding carboxylic acids is 2. The highest BCUT2D eigenvalue weighted by molar-refractivity contribution is 7.89. The van der Waals surface area contributed by atoms with Gasteiger partial charge in [-0.15, -0.1) is 0 Å². The summed E-state index contributed by atoms with van der Waals surface area (Å²) in [6, 6.07) is 12.2. The predicted octanol–water partition coefficient (Wildman–Crippen LogP) is 4.08. The van der Waals surface area contributed by atoms with Gasteiger partial charge in [0.2, 0.25) is 5.95 Å². The summed E-state index contributed by atoms with van der Waals surface area (Å²) in [5.41, 5.74) is 1.47. The molecule has 0 saturated carbocycles. The van der Waals surface area contributed by atoms with Crippen molar-refractivity contribution in [2.45, 2.75) is 23.9 Å². The van der Waals surface area contributed by atoms with E-state index in [0.717, 1.165) is 16.7 Å². The fourth-order valence-corrected chi connectivity index (χ4v) is 7.59. The Balaban J connectivity index is 1.42. The monoisotopic (exact) mass is 626 g/mol. The summed E-state index contributed by atoms with van der Waals surface area (Å²) in [6.45, 7) is 1.62. The highest BCUT2D eigenvalue weighted by atomic mass is 35.5. The molecule has 4 aromatic rings. The number of carbonyl (C=O) groups is 2. The van der Waals surface area contributed by atoms with Crippen molar-refractivity contribution in [1.29, 1.82) is 0 Å². The third-order valence-corrected chi connectivity index (χ3v) is 9.79. The minimum absolute atomic E-state index is 0.0293. The van der Waals surface area contributed by atoms with Gasteiger partial charge >= 0.3 is 5.97 Å². The molecule has 11 nitrogen and oxygen atoms in total. The molecule has 1 saturated heterocycles. The SMILES string of the molecule is COC(=O)C1CN(S(=O)(=O)c2cnc3n2C(C)(Cc2ccc(-c4cncnc4)cc2)C(=O)N3c2cc(Cl)cc(Cl)c2)C1. The Bertz CT molecular complexity index is 1790. The number of fused-ring (bicyclic) bond motifs is 1. The van der Waals surface area contributed by atoms with Crippen LogP contribution >= 0.6 is 23.2 Å². The van der Waals surface area contributed by atoms with Crippen molar-refractivity contribution in [1.82, 2.24) is 23.8 Å². The highest BCUT2D eigenvalue weighted by Crippen LogP contribution is 2.45. The molecule has 14 heteroatoms. The summed E-state index contributed by atoms with van der Waals surface area (Å²) in [6.07, 6.45) is 6.24. The molecule has 216 valence electrons. The molecule has 1 amide bonds. The first kappa shape index (κ1) is 28.3. The Labute approximate surface area is 251 Å². The molecule has 4 heterocycles. The average Bonchev–Trinajstić information content (AvgIpc) is 3.46. The van der Waals surface area contributed by atoms with E-state index in [0.29, 0.717) is 15.7 Å². The number of aromatic nitrogens is 4. The van der Waals surface area contributed by atoms with Crippen molar-refractivity contribution in [2.24, 2.45) is 5.92 Å². The number of nitrogens with zero attached hydrogens (tertiary/aromatic N) is 6. The molecular formula is C28H24Cl2N6O5S. The second-order valence-electron chi connectivity index (χ2n) is 10.3. The van der Waals surface area contributed by atoms with Crippen LogP contribution < -0.4 is 4.90 Å². The number of halogens is 2. The number of anilines is 2. The number of ether oxygens (including phenoxy) is 1. The van der Waals surface area contributed by atoms with E-state index >= 15 is 0 Å². The molecule has 0 N–H and O–H groups in total. The Kier molecular flexibility index (Phi) is 7.04. The van der Waals surface area contributed by atoms with Crippen LogP contribution in [0.4, 0.5) is 11.6 Å². The Morgan fingerprint density at radius 3 is 2.29 bits per heavy atom. The molecule has 0 aliphatic carbocycles. The topological polar surface area (TPSA) is 128 Å². The smallest absolute Gasteiger partial charge is 0.311 e. The number of methoxy groups -OCH3 is 1. The van der Waals surface area contributed by atoms with E-state index in [1.54, 1.807) is 31.5 Å². The molecule has 1 fully saturated rings. The molecule has 2 aliphatic rings. The lowest BCUT2D eigenvalue weighted by Gasteiger charge is -2.36. The largest absolute Gasteiger partial charge is 0.469 e.